The van der Waals surface area contributed by atoms with Crippen LogP contribution in [0.3, 0.4) is 0 Å². The molecule has 0 aromatic heterocycles. The lowest BCUT2D eigenvalue weighted by Crippen LogP contribution is -2.45. The molecule has 29 heavy (non-hydrogen) atoms. The Balaban J connectivity index is 1.62. The van der Waals surface area contributed by atoms with Gasteiger partial charge < -0.3 is 4.90 Å². The van der Waals surface area contributed by atoms with E-state index >= 15 is 0 Å². The third-order valence-electron chi connectivity index (χ3n) is 4.37. The maximum absolute atomic E-state index is 12.9. The summed E-state index contributed by atoms with van der Waals surface area (Å²) >= 11 is 5.80. The third-order valence-corrected chi connectivity index (χ3v) is 4.60. The van der Waals surface area contributed by atoms with Crippen LogP contribution in [0.1, 0.15) is 22.3 Å². The number of benzene rings is 2. The summed E-state index contributed by atoms with van der Waals surface area (Å²) in [5, 5.41) is 0.349. The summed E-state index contributed by atoms with van der Waals surface area (Å²) < 4.78 is 38.6. The van der Waals surface area contributed by atoms with Gasteiger partial charge in [-0.05, 0) is 36.4 Å². The van der Waals surface area contributed by atoms with Crippen LogP contribution in [0.25, 0.3) is 0 Å². The second-order valence-corrected chi connectivity index (χ2v) is 6.84. The van der Waals surface area contributed by atoms with Crippen LogP contribution in [0.5, 0.6) is 0 Å². The van der Waals surface area contributed by atoms with Crippen LogP contribution < -0.4 is 15.8 Å². The van der Waals surface area contributed by atoms with E-state index in [1.807, 2.05) is 0 Å². The molecule has 0 saturated carbocycles. The Hall–Kier alpha value is -3.07. The number of halogens is 4. The van der Waals surface area contributed by atoms with Crippen LogP contribution >= 0.6 is 11.6 Å². The molecule has 0 aliphatic carbocycles. The SMILES string of the molecule is O=C(NNC(=O)C1CC(=O)N(c2cccc(C(F)(F)F)c2)C1)c1cccc(Cl)c1. The quantitative estimate of drug-likeness (QED) is 0.741. The molecule has 2 N–H and O–H groups in total. The molecule has 10 heteroatoms. The van der Waals surface area contributed by atoms with Crippen LogP contribution in [0.15, 0.2) is 48.5 Å². The highest BCUT2D eigenvalue weighted by molar-refractivity contribution is 6.31. The minimum Gasteiger partial charge on any atom is -0.312 e. The number of hydrazine groups is 1. The monoisotopic (exact) mass is 425 g/mol. The van der Waals surface area contributed by atoms with E-state index in [1.54, 1.807) is 12.1 Å². The zero-order valence-electron chi connectivity index (χ0n) is 14.8. The van der Waals surface area contributed by atoms with E-state index in [-0.39, 0.29) is 24.2 Å². The molecule has 3 rings (SSSR count). The van der Waals surface area contributed by atoms with Gasteiger partial charge in [0.05, 0.1) is 11.5 Å². The first-order valence-corrected chi connectivity index (χ1v) is 8.86. The predicted octanol–water partition coefficient (Wildman–Crippen LogP) is 3.17. The molecule has 1 saturated heterocycles. The number of hydrogen-bond acceptors (Lipinski definition) is 3. The molecule has 1 aliphatic rings. The van der Waals surface area contributed by atoms with Gasteiger partial charge in [0.15, 0.2) is 0 Å². The standard InChI is InChI=1S/C19H15ClF3N3O3/c20-14-5-1-3-11(7-14)17(28)24-25-18(29)12-8-16(27)26(10-12)15-6-2-4-13(9-15)19(21,22)23/h1-7,9,12H,8,10H2,(H,24,28)(H,25,29). The normalized spacial score (nSPS) is 16.6. The predicted molar refractivity (Wildman–Crippen MR) is 99.0 cm³/mol. The average molecular weight is 426 g/mol. The average Bonchev–Trinajstić information content (AvgIpc) is 3.07. The zero-order chi connectivity index (χ0) is 21.2. The molecule has 1 atom stereocenters. The van der Waals surface area contributed by atoms with Crippen molar-refractivity contribution in [3.05, 3.63) is 64.7 Å². The third kappa shape index (κ3) is 4.86. The first kappa shape index (κ1) is 20.7. The summed E-state index contributed by atoms with van der Waals surface area (Å²) in [6.45, 7) is -0.0982. The summed E-state index contributed by atoms with van der Waals surface area (Å²) in [4.78, 5) is 37.6. The molecule has 3 amide bonds. The van der Waals surface area contributed by atoms with Gasteiger partial charge in [0.2, 0.25) is 11.8 Å². The highest BCUT2D eigenvalue weighted by Gasteiger charge is 2.37. The van der Waals surface area contributed by atoms with Crippen molar-refractivity contribution in [2.45, 2.75) is 12.6 Å². The van der Waals surface area contributed by atoms with Crippen molar-refractivity contribution in [3.63, 3.8) is 0 Å². The summed E-state index contributed by atoms with van der Waals surface area (Å²) in [6, 6.07) is 10.4. The minimum absolute atomic E-state index is 0.0584. The molecule has 152 valence electrons. The largest absolute Gasteiger partial charge is 0.416 e. The number of hydrogen-bond donors (Lipinski definition) is 2. The molecular formula is C19H15ClF3N3O3. The smallest absolute Gasteiger partial charge is 0.312 e. The summed E-state index contributed by atoms with van der Waals surface area (Å²) in [7, 11) is 0. The van der Waals surface area contributed by atoms with Gasteiger partial charge in [0, 0.05) is 29.2 Å². The molecule has 0 radical (unpaired) electrons. The van der Waals surface area contributed by atoms with E-state index in [9.17, 15) is 27.6 Å². The Kier molecular flexibility index (Phi) is 5.78. The van der Waals surface area contributed by atoms with E-state index in [0.717, 1.165) is 17.0 Å². The Morgan fingerprint density at radius 2 is 1.79 bits per heavy atom. The first-order chi connectivity index (χ1) is 13.6. The van der Waals surface area contributed by atoms with E-state index in [4.69, 9.17) is 11.6 Å². The number of nitrogens with one attached hydrogen (secondary N) is 2. The van der Waals surface area contributed by atoms with Gasteiger partial charge >= 0.3 is 6.18 Å². The summed E-state index contributed by atoms with van der Waals surface area (Å²) in [5.41, 5.74) is 3.86. The highest BCUT2D eigenvalue weighted by Crippen LogP contribution is 2.33. The molecule has 1 aliphatic heterocycles. The number of carbonyl (C=O) groups is 3. The maximum Gasteiger partial charge on any atom is 0.416 e. The Morgan fingerprint density at radius 3 is 2.48 bits per heavy atom. The minimum atomic E-state index is -4.54. The number of carbonyl (C=O) groups excluding carboxylic acids is 3. The molecular weight excluding hydrogens is 411 g/mol. The lowest BCUT2D eigenvalue weighted by atomic mass is 10.1. The number of nitrogens with zero attached hydrogens (tertiary/aromatic N) is 1. The number of alkyl halides is 3. The Labute approximate surface area is 168 Å². The molecule has 2 aromatic carbocycles. The van der Waals surface area contributed by atoms with E-state index < -0.39 is 35.4 Å². The van der Waals surface area contributed by atoms with Crippen LogP contribution in [0, 0.1) is 5.92 Å². The van der Waals surface area contributed by atoms with Crippen molar-refractivity contribution in [2.75, 3.05) is 11.4 Å². The number of anilines is 1. The summed E-state index contributed by atoms with van der Waals surface area (Å²) in [6.07, 6.45) is -4.73. The molecule has 1 unspecified atom stereocenters. The van der Waals surface area contributed by atoms with E-state index in [1.165, 1.54) is 24.3 Å². The fourth-order valence-electron chi connectivity index (χ4n) is 2.91. The molecule has 0 spiro atoms. The van der Waals surface area contributed by atoms with Crippen LogP contribution in [0.2, 0.25) is 5.02 Å². The number of rotatable bonds is 3. The van der Waals surface area contributed by atoms with Crippen LogP contribution in [-0.2, 0) is 15.8 Å². The highest BCUT2D eigenvalue weighted by atomic mass is 35.5. The second kappa shape index (κ2) is 8.12. The topological polar surface area (TPSA) is 78.5 Å². The van der Waals surface area contributed by atoms with E-state index in [2.05, 4.69) is 10.9 Å². The second-order valence-electron chi connectivity index (χ2n) is 6.41. The van der Waals surface area contributed by atoms with Gasteiger partial charge in [-0.25, -0.2) is 0 Å². The van der Waals surface area contributed by atoms with Gasteiger partial charge in [-0.3, -0.25) is 25.2 Å². The van der Waals surface area contributed by atoms with Crippen LogP contribution in [-0.4, -0.2) is 24.3 Å². The van der Waals surface area contributed by atoms with Gasteiger partial charge in [-0.1, -0.05) is 23.7 Å². The van der Waals surface area contributed by atoms with Crippen molar-refractivity contribution in [3.8, 4) is 0 Å². The van der Waals surface area contributed by atoms with Crippen molar-refractivity contribution < 1.29 is 27.6 Å². The van der Waals surface area contributed by atoms with Gasteiger partial charge in [0.25, 0.3) is 5.91 Å². The fraction of sp³-hybridized carbons (Fsp3) is 0.211. The lowest BCUT2D eigenvalue weighted by molar-refractivity contribution is -0.137. The van der Waals surface area contributed by atoms with Crippen molar-refractivity contribution in [1.82, 2.24) is 10.9 Å². The Bertz CT molecular complexity index is 965. The Morgan fingerprint density at radius 1 is 1.07 bits per heavy atom. The first-order valence-electron chi connectivity index (χ1n) is 8.48. The van der Waals surface area contributed by atoms with Crippen molar-refractivity contribution in [2.24, 2.45) is 5.92 Å². The molecule has 2 aromatic rings. The molecule has 0 bridgehead atoms. The van der Waals surface area contributed by atoms with Crippen molar-refractivity contribution >= 4 is 35.0 Å². The van der Waals surface area contributed by atoms with Gasteiger partial charge in [0.1, 0.15) is 0 Å². The maximum atomic E-state index is 12.9. The fourth-order valence-corrected chi connectivity index (χ4v) is 3.10. The number of amides is 3. The zero-order valence-corrected chi connectivity index (χ0v) is 15.6. The lowest BCUT2D eigenvalue weighted by Gasteiger charge is -2.18. The molecule has 6 nitrogen and oxygen atoms in total. The molecule has 1 fully saturated rings. The molecule has 1 heterocycles. The summed E-state index contributed by atoms with van der Waals surface area (Å²) in [5.74, 6) is -2.52. The van der Waals surface area contributed by atoms with Gasteiger partial charge in [-0.15, -0.1) is 0 Å². The van der Waals surface area contributed by atoms with Gasteiger partial charge in [-0.2, -0.15) is 13.2 Å². The van der Waals surface area contributed by atoms with E-state index in [0.29, 0.717) is 5.02 Å². The van der Waals surface area contributed by atoms with Crippen LogP contribution in [0.4, 0.5) is 18.9 Å². The van der Waals surface area contributed by atoms with Crippen molar-refractivity contribution in [1.29, 1.82) is 0 Å².